The molecule has 1 atom stereocenters. The van der Waals surface area contributed by atoms with Gasteiger partial charge in [0.1, 0.15) is 6.34 Å². The smallest absolute Gasteiger partial charge is 0.251 e. The number of nitrogens with two attached hydrogens (primary N) is 2. The highest BCUT2D eigenvalue weighted by Gasteiger charge is 2.19. The van der Waals surface area contributed by atoms with Gasteiger partial charge in [0, 0.05) is 18.2 Å². The molecule has 1 aliphatic heterocycles. The van der Waals surface area contributed by atoms with Gasteiger partial charge in [-0.2, -0.15) is 5.10 Å². The molecule has 0 unspecified atom stereocenters. The fraction of sp³-hybridized carbons (Fsp3) is 0.429. The third kappa shape index (κ3) is 4.17. The van der Waals surface area contributed by atoms with Crippen LogP contribution >= 0.6 is 0 Å². The van der Waals surface area contributed by atoms with Crippen molar-refractivity contribution in [2.75, 3.05) is 25.1 Å². The lowest BCUT2D eigenvalue weighted by molar-refractivity contribution is 0.0912. The Kier molecular flexibility index (Phi) is 5.13. The summed E-state index contributed by atoms with van der Waals surface area (Å²) in [6.45, 7) is 1.97. The topological polar surface area (TPSA) is 100.0 Å². The van der Waals surface area contributed by atoms with Crippen LogP contribution in [0.5, 0.6) is 0 Å². The highest BCUT2D eigenvalue weighted by molar-refractivity contribution is 5.96. The predicted molar refractivity (Wildman–Crippen MR) is 83.8 cm³/mol. The minimum Gasteiger partial charge on any atom is -0.348 e. The van der Waals surface area contributed by atoms with Gasteiger partial charge in [-0.05, 0) is 44.6 Å². The summed E-state index contributed by atoms with van der Waals surface area (Å²) in [4.78, 5) is 14.5. The molecular formula is C14H22N6O. The van der Waals surface area contributed by atoms with Crippen LogP contribution in [0, 0.1) is 0 Å². The van der Waals surface area contributed by atoms with Crippen molar-refractivity contribution >= 4 is 17.9 Å². The Morgan fingerprint density at radius 3 is 3.10 bits per heavy atom. The summed E-state index contributed by atoms with van der Waals surface area (Å²) in [6, 6.07) is 7.23. The number of hydrogen-bond donors (Lipinski definition) is 3. The first-order valence-corrected chi connectivity index (χ1v) is 6.97. The molecule has 0 spiro atoms. The molecule has 2 rings (SSSR count). The van der Waals surface area contributed by atoms with E-state index in [4.69, 9.17) is 11.7 Å². The molecule has 1 saturated heterocycles. The van der Waals surface area contributed by atoms with Gasteiger partial charge in [0.25, 0.3) is 5.91 Å². The number of carbonyl (C=O) groups is 1. The van der Waals surface area contributed by atoms with Crippen molar-refractivity contribution in [3.8, 4) is 0 Å². The minimum absolute atomic E-state index is 0.0877. The Hall–Kier alpha value is -2.12. The second-order valence-corrected chi connectivity index (χ2v) is 5.30. The number of anilines is 1. The van der Waals surface area contributed by atoms with E-state index in [-0.39, 0.29) is 11.9 Å². The Balaban J connectivity index is 2.03. The summed E-state index contributed by atoms with van der Waals surface area (Å²) in [6.07, 6.45) is 3.40. The minimum atomic E-state index is -0.0877. The maximum Gasteiger partial charge on any atom is 0.251 e. The number of nitrogens with one attached hydrogen (secondary N) is 1. The van der Waals surface area contributed by atoms with E-state index in [9.17, 15) is 4.79 Å². The zero-order chi connectivity index (χ0) is 15.2. The summed E-state index contributed by atoms with van der Waals surface area (Å²) in [5, 5.41) is 7.69. The molecule has 1 heterocycles. The molecule has 7 heteroatoms. The fourth-order valence-electron chi connectivity index (χ4n) is 2.50. The molecule has 0 aromatic heterocycles. The van der Waals surface area contributed by atoms with Crippen LogP contribution in [0.25, 0.3) is 0 Å². The number of hydrogen-bond acceptors (Lipinski definition) is 5. The third-order valence-corrected chi connectivity index (χ3v) is 3.56. The summed E-state index contributed by atoms with van der Waals surface area (Å²) in [5.41, 5.74) is 1.22. The lowest BCUT2D eigenvalue weighted by Gasteiger charge is -2.30. The molecule has 7 nitrogen and oxygen atoms in total. The van der Waals surface area contributed by atoms with Crippen LogP contribution in [0.3, 0.4) is 0 Å². The van der Waals surface area contributed by atoms with Crippen LogP contribution in [-0.2, 0) is 0 Å². The molecular weight excluding hydrogens is 268 g/mol. The average Bonchev–Trinajstić information content (AvgIpc) is 2.47. The standard InChI is InChI=1S/C14H22N6O/c1-19-7-3-5-12(9-19)18-14(21)11-4-2-6-13(8-11)20(16)10-17-15/h2,4,6,8,10,12H,3,5,7,9,15-16H2,1H3,(H,18,21)/b17-10-/t12-/m1/s1. The number of likely N-dealkylation sites (tertiary alicyclic amines) is 1. The van der Waals surface area contributed by atoms with Gasteiger partial charge in [-0.25, -0.2) is 5.84 Å². The Morgan fingerprint density at radius 2 is 2.38 bits per heavy atom. The van der Waals surface area contributed by atoms with Crippen molar-refractivity contribution in [2.45, 2.75) is 18.9 Å². The second-order valence-electron chi connectivity index (χ2n) is 5.30. The van der Waals surface area contributed by atoms with E-state index in [1.54, 1.807) is 24.3 Å². The fourth-order valence-corrected chi connectivity index (χ4v) is 2.50. The molecule has 1 aromatic carbocycles. The zero-order valence-corrected chi connectivity index (χ0v) is 12.2. The maximum atomic E-state index is 12.3. The van der Waals surface area contributed by atoms with Gasteiger partial charge in [0.15, 0.2) is 0 Å². The summed E-state index contributed by atoms with van der Waals surface area (Å²) in [5.74, 6) is 10.7. The second kappa shape index (κ2) is 7.05. The number of benzene rings is 1. The van der Waals surface area contributed by atoms with Gasteiger partial charge in [-0.15, -0.1) is 0 Å². The van der Waals surface area contributed by atoms with Crippen LogP contribution in [0.4, 0.5) is 5.69 Å². The van der Waals surface area contributed by atoms with Crippen LogP contribution in [0.2, 0.25) is 0 Å². The van der Waals surface area contributed by atoms with Gasteiger partial charge in [-0.3, -0.25) is 9.80 Å². The van der Waals surface area contributed by atoms with Crippen molar-refractivity contribution in [1.82, 2.24) is 10.2 Å². The Labute approximate surface area is 124 Å². The van der Waals surface area contributed by atoms with Crippen LogP contribution in [0.15, 0.2) is 29.4 Å². The number of rotatable bonds is 4. The van der Waals surface area contributed by atoms with Crippen molar-refractivity contribution in [2.24, 2.45) is 16.8 Å². The number of piperidine rings is 1. The van der Waals surface area contributed by atoms with Crippen molar-refractivity contribution in [3.05, 3.63) is 29.8 Å². The molecule has 21 heavy (non-hydrogen) atoms. The average molecular weight is 290 g/mol. The number of nitrogens with zero attached hydrogens (tertiary/aromatic N) is 3. The monoisotopic (exact) mass is 290 g/mol. The highest BCUT2D eigenvalue weighted by atomic mass is 16.1. The quantitative estimate of drug-likeness (QED) is 0.316. The van der Waals surface area contributed by atoms with E-state index in [1.165, 1.54) is 11.3 Å². The van der Waals surface area contributed by atoms with Gasteiger partial charge in [0.05, 0.1) is 5.69 Å². The number of likely N-dealkylation sites (N-methyl/N-ethyl adjacent to an activating group) is 1. The van der Waals surface area contributed by atoms with E-state index in [0.717, 1.165) is 25.9 Å². The van der Waals surface area contributed by atoms with Crippen LogP contribution in [-0.4, -0.2) is 43.3 Å². The van der Waals surface area contributed by atoms with Gasteiger partial charge in [0.2, 0.25) is 0 Å². The Morgan fingerprint density at radius 1 is 1.57 bits per heavy atom. The number of amides is 1. The SMILES string of the molecule is CN1CCC[C@@H](NC(=O)c2cccc(N(N)/C=N\N)c2)C1. The van der Waals surface area contributed by atoms with Crippen molar-refractivity contribution in [3.63, 3.8) is 0 Å². The van der Waals surface area contributed by atoms with E-state index in [1.807, 2.05) is 0 Å². The molecule has 1 aromatic rings. The normalized spacial score (nSPS) is 19.6. The van der Waals surface area contributed by atoms with E-state index < -0.39 is 0 Å². The molecule has 1 aliphatic rings. The predicted octanol–water partition coefficient (Wildman–Crippen LogP) is 0.0927. The lowest BCUT2D eigenvalue weighted by atomic mass is 10.1. The summed E-state index contributed by atoms with van der Waals surface area (Å²) >= 11 is 0. The largest absolute Gasteiger partial charge is 0.348 e. The third-order valence-electron chi connectivity index (χ3n) is 3.56. The van der Waals surface area contributed by atoms with Gasteiger partial charge < -0.3 is 16.1 Å². The van der Waals surface area contributed by atoms with Gasteiger partial charge >= 0.3 is 0 Å². The zero-order valence-electron chi connectivity index (χ0n) is 12.2. The number of hydrazone groups is 1. The van der Waals surface area contributed by atoms with E-state index >= 15 is 0 Å². The molecule has 1 fully saturated rings. The summed E-state index contributed by atoms with van der Waals surface area (Å²) < 4.78 is 0. The first-order chi connectivity index (χ1) is 10.1. The first-order valence-electron chi connectivity index (χ1n) is 6.97. The first kappa shape index (κ1) is 15.3. The molecule has 0 radical (unpaired) electrons. The molecule has 1 amide bonds. The number of carbonyl (C=O) groups excluding carboxylic acids is 1. The van der Waals surface area contributed by atoms with E-state index in [2.05, 4.69) is 22.4 Å². The lowest BCUT2D eigenvalue weighted by Crippen LogP contribution is -2.46. The molecule has 0 bridgehead atoms. The molecule has 114 valence electrons. The molecule has 0 saturated carbocycles. The van der Waals surface area contributed by atoms with Crippen molar-refractivity contribution < 1.29 is 4.79 Å². The maximum absolute atomic E-state index is 12.3. The Bertz CT molecular complexity index is 518. The van der Waals surface area contributed by atoms with Crippen LogP contribution in [0.1, 0.15) is 23.2 Å². The van der Waals surface area contributed by atoms with Gasteiger partial charge in [-0.1, -0.05) is 6.07 Å². The van der Waals surface area contributed by atoms with Crippen molar-refractivity contribution in [1.29, 1.82) is 0 Å². The molecule has 5 N–H and O–H groups in total. The molecule has 0 aliphatic carbocycles. The highest BCUT2D eigenvalue weighted by Crippen LogP contribution is 2.14. The van der Waals surface area contributed by atoms with E-state index in [0.29, 0.717) is 11.3 Å². The summed E-state index contributed by atoms with van der Waals surface area (Å²) in [7, 11) is 2.07. The number of hydrazine groups is 1. The van der Waals surface area contributed by atoms with Crippen LogP contribution < -0.4 is 22.0 Å².